The molecule has 2 rings (SSSR count). The molecule has 0 unspecified atom stereocenters. The van der Waals surface area contributed by atoms with Crippen molar-refractivity contribution in [2.24, 2.45) is 0 Å². The average Bonchev–Trinajstić information content (AvgIpc) is 2.47. The van der Waals surface area contributed by atoms with Crippen molar-refractivity contribution in [1.29, 1.82) is 0 Å². The van der Waals surface area contributed by atoms with E-state index in [9.17, 15) is 30.8 Å². The molecule has 0 aliphatic heterocycles. The Morgan fingerprint density at radius 3 is 2.32 bits per heavy atom. The molecule has 0 amide bonds. The third-order valence-electron chi connectivity index (χ3n) is 3.05. The molecule has 0 spiro atoms. The Hall–Kier alpha value is -1.94. The predicted octanol–water partition coefficient (Wildman–Crippen LogP) is 4.58. The Labute approximate surface area is 148 Å². The first-order chi connectivity index (χ1) is 11.4. The van der Waals surface area contributed by atoms with Gasteiger partial charge in [-0.3, -0.25) is 4.79 Å². The number of rotatable bonds is 4. The summed E-state index contributed by atoms with van der Waals surface area (Å²) in [4.78, 5) is 10.3. The van der Waals surface area contributed by atoms with Crippen LogP contribution in [0.25, 0.3) is 0 Å². The molecule has 25 heavy (non-hydrogen) atoms. The van der Waals surface area contributed by atoms with E-state index in [1.54, 1.807) is 0 Å². The average molecular weight is 441 g/mol. The van der Waals surface area contributed by atoms with Crippen molar-refractivity contribution < 1.29 is 35.0 Å². The normalized spacial score (nSPS) is 12.1. The number of benzene rings is 2. The van der Waals surface area contributed by atoms with Crippen LogP contribution in [0, 0.1) is 5.82 Å². The molecule has 0 bridgehead atoms. The summed E-state index contributed by atoms with van der Waals surface area (Å²) >= 11 is 3.09. The summed E-state index contributed by atoms with van der Waals surface area (Å²) in [6.07, 6.45) is -4.86. The van der Waals surface area contributed by atoms with Crippen molar-refractivity contribution in [1.82, 2.24) is 0 Å². The van der Waals surface area contributed by atoms with Gasteiger partial charge in [0.1, 0.15) is 10.7 Å². The van der Waals surface area contributed by atoms with Crippen LogP contribution in [0.15, 0.2) is 45.8 Å². The van der Waals surface area contributed by atoms with Crippen molar-refractivity contribution in [3.8, 4) is 5.75 Å². The molecule has 0 radical (unpaired) electrons. The van der Waals surface area contributed by atoms with Gasteiger partial charge >= 0.3 is 16.3 Å². The molecule has 0 atom stereocenters. The molecule has 134 valence electrons. The van der Waals surface area contributed by atoms with Crippen LogP contribution in [0.3, 0.4) is 0 Å². The van der Waals surface area contributed by atoms with Gasteiger partial charge in [-0.2, -0.15) is 21.6 Å². The number of Topliss-reactive ketones (excluding diaryl/α,β-unsaturated/α-hetero) is 1. The van der Waals surface area contributed by atoms with Crippen molar-refractivity contribution >= 4 is 31.8 Å². The zero-order valence-corrected chi connectivity index (χ0v) is 14.8. The van der Waals surface area contributed by atoms with E-state index in [1.165, 1.54) is 12.1 Å². The summed E-state index contributed by atoms with van der Waals surface area (Å²) in [5.41, 5.74) is -1.48. The first-order valence-electron chi connectivity index (χ1n) is 6.53. The van der Waals surface area contributed by atoms with E-state index in [0.29, 0.717) is 16.6 Å². The topological polar surface area (TPSA) is 60.4 Å². The van der Waals surface area contributed by atoms with E-state index in [-0.39, 0.29) is 11.6 Å². The van der Waals surface area contributed by atoms with E-state index in [1.807, 2.05) is 0 Å². The summed E-state index contributed by atoms with van der Waals surface area (Å²) < 4.78 is 81.5. The molecule has 0 aliphatic rings. The Bertz CT molecular complexity index is 939. The van der Waals surface area contributed by atoms with Gasteiger partial charge in [0.2, 0.25) is 0 Å². The highest BCUT2D eigenvalue weighted by Crippen LogP contribution is 2.33. The minimum atomic E-state index is -4.94. The predicted molar refractivity (Wildman–Crippen MR) is 83.4 cm³/mol. The lowest BCUT2D eigenvalue weighted by atomic mass is 10.1. The van der Waals surface area contributed by atoms with Gasteiger partial charge in [0, 0.05) is 4.47 Å². The van der Waals surface area contributed by atoms with Gasteiger partial charge in [0.05, 0.1) is 11.1 Å². The molecule has 2 aromatic carbocycles. The van der Waals surface area contributed by atoms with E-state index in [4.69, 9.17) is 4.18 Å². The van der Waals surface area contributed by atoms with Crippen molar-refractivity contribution in [2.45, 2.75) is 18.0 Å². The van der Waals surface area contributed by atoms with Crippen LogP contribution in [0.2, 0.25) is 0 Å². The largest absolute Gasteiger partial charge is 0.416 e. The van der Waals surface area contributed by atoms with E-state index in [2.05, 4.69) is 15.9 Å². The Morgan fingerprint density at radius 1 is 1.12 bits per heavy atom. The number of ketones is 1. The van der Waals surface area contributed by atoms with Crippen molar-refractivity contribution in [2.75, 3.05) is 0 Å². The van der Waals surface area contributed by atoms with E-state index < -0.39 is 44.1 Å². The molecule has 0 saturated carbocycles. The summed E-state index contributed by atoms with van der Waals surface area (Å²) in [7, 11) is -4.94. The highest BCUT2D eigenvalue weighted by Gasteiger charge is 2.34. The second-order valence-corrected chi connectivity index (χ2v) is 7.31. The monoisotopic (exact) mass is 440 g/mol. The van der Waals surface area contributed by atoms with Crippen LogP contribution in [0.5, 0.6) is 5.75 Å². The third kappa shape index (κ3) is 4.37. The van der Waals surface area contributed by atoms with E-state index >= 15 is 0 Å². The number of halogens is 5. The summed E-state index contributed by atoms with van der Waals surface area (Å²) in [6.45, 7) is 1.14. The molecular weight excluding hydrogens is 432 g/mol. The Balaban J connectivity index is 2.53. The quantitative estimate of drug-likeness (QED) is 0.396. The molecular formula is C15H9BrF4O4S. The van der Waals surface area contributed by atoms with Crippen LogP contribution in [-0.4, -0.2) is 14.2 Å². The fourth-order valence-corrected chi connectivity index (χ4v) is 3.30. The minimum absolute atomic E-state index is 0.134. The van der Waals surface area contributed by atoms with Crippen LogP contribution < -0.4 is 4.18 Å². The van der Waals surface area contributed by atoms with Gasteiger partial charge in [-0.15, -0.1) is 0 Å². The van der Waals surface area contributed by atoms with Gasteiger partial charge in [0.15, 0.2) is 11.5 Å². The first-order valence-corrected chi connectivity index (χ1v) is 8.73. The fraction of sp³-hybridized carbons (Fsp3) is 0.133. The van der Waals surface area contributed by atoms with Crippen LogP contribution in [0.4, 0.5) is 17.6 Å². The van der Waals surface area contributed by atoms with Crippen molar-refractivity contribution in [3.63, 3.8) is 0 Å². The number of hydrogen-bond donors (Lipinski definition) is 0. The highest BCUT2D eigenvalue weighted by atomic mass is 79.9. The Morgan fingerprint density at radius 2 is 1.76 bits per heavy atom. The van der Waals surface area contributed by atoms with Gasteiger partial charge in [0.25, 0.3) is 0 Å². The van der Waals surface area contributed by atoms with Crippen LogP contribution in [-0.2, 0) is 16.3 Å². The lowest BCUT2D eigenvalue weighted by Crippen LogP contribution is -2.15. The SMILES string of the molecule is CC(=O)c1cc(Br)ccc1OS(=O)(=O)c1cc(C(F)(F)F)ccc1F. The number of hydrogen-bond acceptors (Lipinski definition) is 4. The maximum absolute atomic E-state index is 13.8. The Kier molecular flexibility index (Phi) is 5.24. The lowest BCUT2D eigenvalue weighted by Gasteiger charge is -2.13. The van der Waals surface area contributed by atoms with Gasteiger partial charge in [-0.1, -0.05) is 15.9 Å². The summed E-state index contributed by atoms with van der Waals surface area (Å²) in [6, 6.07) is 4.69. The maximum atomic E-state index is 13.8. The molecule has 10 heteroatoms. The molecule has 0 aromatic heterocycles. The molecule has 4 nitrogen and oxygen atoms in total. The van der Waals surface area contributed by atoms with Gasteiger partial charge < -0.3 is 4.18 Å². The summed E-state index contributed by atoms with van der Waals surface area (Å²) in [5, 5.41) is 0. The zero-order valence-electron chi connectivity index (χ0n) is 12.4. The van der Waals surface area contributed by atoms with Gasteiger partial charge in [-0.25, -0.2) is 4.39 Å². The molecule has 0 aliphatic carbocycles. The van der Waals surface area contributed by atoms with Crippen LogP contribution in [0.1, 0.15) is 22.8 Å². The molecule has 0 heterocycles. The zero-order chi connectivity index (χ0) is 19.0. The molecule has 0 fully saturated rings. The molecule has 2 aromatic rings. The number of carbonyl (C=O) groups excluding carboxylic acids is 1. The van der Waals surface area contributed by atoms with Crippen molar-refractivity contribution in [3.05, 3.63) is 57.8 Å². The van der Waals surface area contributed by atoms with Crippen LogP contribution >= 0.6 is 15.9 Å². The van der Waals surface area contributed by atoms with Gasteiger partial charge in [-0.05, 0) is 43.3 Å². The fourth-order valence-electron chi connectivity index (χ4n) is 1.88. The molecule has 0 saturated heterocycles. The summed E-state index contributed by atoms with van der Waals surface area (Å²) in [5.74, 6) is -2.38. The minimum Gasteiger partial charge on any atom is -0.378 e. The highest BCUT2D eigenvalue weighted by molar-refractivity contribution is 9.10. The third-order valence-corrected chi connectivity index (χ3v) is 4.79. The van der Waals surface area contributed by atoms with E-state index in [0.717, 1.165) is 13.0 Å². The second-order valence-electron chi connectivity index (χ2n) is 4.88. The second kappa shape index (κ2) is 6.75. The first kappa shape index (κ1) is 19.4. The smallest absolute Gasteiger partial charge is 0.378 e. The number of carbonyl (C=O) groups is 1. The molecule has 0 N–H and O–H groups in total. The standard InChI is InChI=1S/C15H9BrF4O4S/c1-8(21)11-7-10(16)3-5-13(11)24-25(22,23)14-6-9(15(18,19)20)2-4-12(14)17/h2-7H,1H3. The number of alkyl halides is 3. The lowest BCUT2D eigenvalue weighted by molar-refractivity contribution is -0.137. The maximum Gasteiger partial charge on any atom is 0.416 e.